The first-order valence-electron chi connectivity index (χ1n) is 8.12. The molecule has 3 rings (SSSR count). The molecule has 0 radical (unpaired) electrons. The molecule has 27 heavy (non-hydrogen) atoms. The predicted molar refractivity (Wildman–Crippen MR) is 91.3 cm³/mol. The predicted octanol–water partition coefficient (Wildman–Crippen LogP) is -0.851. The summed E-state index contributed by atoms with van der Waals surface area (Å²) in [5.41, 5.74) is 7.29. The molecule has 0 aliphatic carbocycles. The molecule has 1 unspecified atom stereocenters. The average molecular weight is 404 g/mol. The van der Waals surface area contributed by atoms with Gasteiger partial charge in [0.05, 0.1) is 37.9 Å². The Morgan fingerprint density at radius 1 is 1.41 bits per heavy atom. The number of nitrogens with two attached hydrogens (primary N) is 1. The molecular weight excluding hydrogens is 383 g/mol. The second-order valence-corrected chi connectivity index (χ2v) is 7.42. The zero-order chi connectivity index (χ0) is 19.6. The smallest absolute Gasteiger partial charge is 0.397 e. The van der Waals surface area contributed by atoms with E-state index >= 15 is 0 Å². The number of imidazole rings is 1. The quantitative estimate of drug-likeness (QED) is 0.345. The second-order valence-electron chi connectivity index (χ2n) is 6.01. The number of anilines is 1. The molecule has 0 amide bonds. The van der Waals surface area contributed by atoms with Crippen LogP contribution in [0.25, 0.3) is 11.2 Å². The summed E-state index contributed by atoms with van der Waals surface area (Å²) in [4.78, 5) is 18.0. The van der Waals surface area contributed by atoms with Crippen molar-refractivity contribution in [2.45, 2.75) is 31.0 Å². The highest BCUT2D eigenvalue weighted by Gasteiger charge is 2.38. The molecule has 6 N–H and O–H groups in total. The van der Waals surface area contributed by atoms with Crippen LogP contribution < -0.4 is 5.73 Å². The molecule has 12 nitrogen and oxygen atoms in total. The van der Waals surface area contributed by atoms with Crippen LogP contribution in [-0.2, 0) is 18.3 Å². The fourth-order valence-electron chi connectivity index (χ4n) is 2.71. The lowest BCUT2D eigenvalue weighted by Crippen LogP contribution is -2.27. The number of rotatable bonds is 8. The molecule has 4 atom stereocenters. The molecule has 0 bridgehead atoms. The fourth-order valence-corrected chi connectivity index (χ4v) is 3.62. The van der Waals surface area contributed by atoms with Crippen molar-refractivity contribution >= 4 is 24.7 Å². The van der Waals surface area contributed by atoms with E-state index in [0.29, 0.717) is 16.9 Å². The van der Waals surface area contributed by atoms with E-state index in [2.05, 4.69) is 14.5 Å². The van der Waals surface area contributed by atoms with Crippen LogP contribution in [0.2, 0.25) is 0 Å². The van der Waals surface area contributed by atoms with E-state index in [1.54, 1.807) is 10.6 Å². The molecule has 13 heteroatoms. The number of phosphoric acid groups is 1. The SMILES string of the molecule is Nc1ccnc2c1ncn2[C@H]1C[C@@H](O)[C@@H](COP(=O)(O)OC(CO)CO)O1. The molecule has 1 saturated heterocycles. The average Bonchev–Trinajstić information content (AvgIpc) is 3.22. The number of aromatic nitrogens is 3. The van der Waals surface area contributed by atoms with Crippen LogP contribution in [0, 0.1) is 0 Å². The van der Waals surface area contributed by atoms with Gasteiger partial charge in [0.2, 0.25) is 0 Å². The van der Waals surface area contributed by atoms with E-state index in [0.717, 1.165) is 0 Å². The van der Waals surface area contributed by atoms with Crippen molar-refractivity contribution in [3.63, 3.8) is 0 Å². The van der Waals surface area contributed by atoms with Gasteiger partial charge in [-0.3, -0.25) is 13.6 Å². The van der Waals surface area contributed by atoms with Gasteiger partial charge in [-0.15, -0.1) is 0 Å². The minimum Gasteiger partial charge on any atom is -0.397 e. The topological polar surface area (TPSA) is 182 Å². The Morgan fingerprint density at radius 3 is 2.85 bits per heavy atom. The number of phosphoric ester groups is 1. The largest absolute Gasteiger partial charge is 0.472 e. The number of nitrogens with zero attached hydrogens (tertiary/aromatic N) is 3. The van der Waals surface area contributed by atoms with Crippen LogP contribution in [0.5, 0.6) is 0 Å². The molecule has 0 aromatic carbocycles. The maximum Gasteiger partial charge on any atom is 0.472 e. The van der Waals surface area contributed by atoms with Crippen LogP contribution in [0.1, 0.15) is 12.6 Å². The molecule has 0 saturated carbocycles. The summed E-state index contributed by atoms with van der Waals surface area (Å²) in [6.45, 7) is -1.74. The Morgan fingerprint density at radius 2 is 2.15 bits per heavy atom. The van der Waals surface area contributed by atoms with Crippen LogP contribution in [0.15, 0.2) is 18.6 Å². The Bertz CT molecular complexity index is 829. The number of aliphatic hydroxyl groups is 3. The summed E-state index contributed by atoms with van der Waals surface area (Å²) in [5, 5.41) is 28.0. The number of pyridine rings is 1. The number of aliphatic hydroxyl groups excluding tert-OH is 3. The van der Waals surface area contributed by atoms with E-state index in [1.807, 2.05) is 0 Å². The standard InChI is InChI=1S/C14H21N4O8P/c15-9-1-2-16-14-13(9)17-7-18(14)12-3-10(21)11(25-12)6-24-27(22,23)26-8(4-19)5-20/h1-2,7-8,10-12,19-21H,3-6H2,(H2,15,16)(H,22,23)/t10-,11-,12-/m1/s1. The number of nitrogen functional groups attached to an aromatic ring is 1. The van der Waals surface area contributed by atoms with Crippen molar-refractivity contribution in [2.24, 2.45) is 0 Å². The number of hydrogen-bond donors (Lipinski definition) is 5. The Labute approximate surface area is 153 Å². The maximum atomic E-state index is 11.8. The first-order chi connectivity index (χ1) is 12.8. The summed E-state index contributed by atoms with van der Waals surface area (Å²) < 4.78 is 28.6. The molecular formula is C14H21N4O8P. The van der Waals surface area contributed by atoms with E-state index in [-0.39, 0.29) is 6.42 Å². The molecule has 2 aromatic rings. The van der Waals surface area contributed by atoms with E-state index in [4.69, 9.17) is 25.2 Å². The lowest BCUT2D eigenvalue weighted by Gasteiger charge is -2.20. The molecule has 2 aromatic heterocycles. The van der Waals surface area contributed by atoms with Gasteiger partial charge in [0, 0.05) is 12.6 Å². The van der Waals surface area contributed by atoms with Gasteiger partial charge < -0.3 is 30.7 Å². The van der Waals surface area contributed by atoms with Crippen molar-refractivity contribution in [1.29, 1.82) is 0 Å². The normalized spacial score (nSPS) is 25.3. The molecule has 0 spiro atoms. The van der Waals surface area contributed by atoms with Gasteiger partial charge >= 0.3 is 7.82 Å². The number of ether oxygens (including phenoxy) is 1. The number of fused-ring (bicyclic) bond motifs is 1. The van der Waals surface area contributed by atoms with Crippen LogP contribution in [0.4, 0.5) is 5.69 Å². The third-order valence-electron chi connectivity index (χ3n) is 4.10. The lowest BCUT2D eigenvalue weighted by molar-refractivity contribution is -0.0482. The highest BCUT2D eigenvalue weighted by molar-refractivity contribution is 7.47. The number of hydrogen-bond acceptors (Lipinski definition) is 10. The van der Waals surface area contributed by atoms with Crippen LogP contribution in [0.3, 0.4) is 0 Å². The third kappa shape index (κ3) is 4.45. The van der Waals surface area contributed by atoms with E-state index < -0.39 is 52.2 Å². The van der Waals surface area contributed by atoms with Crippen molar-refractivity contribution < 1.29 is 38.6 Å². The highest BCUT2D eigenvalue weighted by atomic mass is 31.2. The van der Waals surface area contributed by atoms with Gasteiger partial charge in [0.25, 0.3) is 0 Å². The van der Waals surface area contributed by atoms with Gasteiger partial charge in [-0.2, -0.15) is 0 Å². The summed E-state index contributed by atoms with van der Waals surface area (Å²) in [7, 11) is -4.55. The third-order valence-corrected chi connectivity index (χ3v) is 5.14. The summed E-state index contributed by atoms with van der Waals surface area (Å²) in [6, 6.07) is 1.62. The van der Waals surface area contributed by atoms with E-state index in [1.165, 1.54) is 12.5 Å². The first-order valence-corrected chi connectivity index (χ1v) is 9.62. The van der Waals surface area contributed by atoms with Crippen LogP contribution >= 0.6 is 7.82 Å². The Hall–Kier alpha value is -1.63. The van der Waals surface area contributed by atoms with Crippen molar-refractivity contribution in [3.8, 4) is 0 Å². The fraction of sp³-hybridized carbons (Fsp3) is 0.571. The molecule has 1 aliphatic heterocycles. The van der Waals surface area contributed by atoms with Gasteiger partial charge in [0.15, 0.2) is 5.65 Å². The first kappa shape index (κ1) is 20.1. The van der Waals surface area contributed by atoms with Crippen molar-refractivity contribution in [2.75, 3.05) is 25.6 Å². The van der Waals surface area contributed by atoms with Gasteiger partial charge in [-0.1, -0.05) is 0 Å². The maximum absolute atomic E-state index is 11.8. The summed E-state index contributed by atoms with van der Waals surface area (Å²) in [6.07, 6.45) is -0.546. The molecule has 3 heterocycles. The molecule has 1 fully saturated rings. The molecule has 1 aliphatic rings. The van der Waals surface area contributed by atoms with Gasteiger partial charge in [0.1, 0.15) is 24.0 Å². The summed E-state index contributed by atoms with van der Waals surface area (Å²) in [5.74, 6) is 0. The highest BCUT2D eigenvalue weighted by Crippen LogP contribution is 2.45. The Kier molecular flexibility index (Phi) is 6.08. The van der Waals surface area contributed by atoms with E-state index in [9.17, 15) is 14.6 Å². The zero-order valence-corrected chi connectivity index (χ0v) is 15.1. The van der Waals surface area contributed by atoms with Crippen molar-refractivity contribution in [3.05, 3.63) is 18.6 Å². The van der Waals surface area contributed by atoms with Crippen molar-refractivity contribution in [1.82, 2.24) is 14.5 Å². The zero-order valence-electron chi connectivity index (χ0n) is 14.2. The Balaban J connectivity index is 1.64. The van der Waals surface area contributed by atoms with Gasteiger partial charge in [-0.25, -0.2) is 14.5 Å². The van der Waals surface area contributed by atoms with Crippen LogP contribution in [-0.4, -0.2) is 72.9 Å². The minimum atomic E-state index is -4.55. The summed E-state index contributed by atoms with van der Waals surface area (Å²) >= 11 is 0. The lowest BCUT2D eigenvalue weighted by atomic mass is 10.2. The minimum absolute atomic E-state index is 0.183. The molecule has 150 valence electrons. The second kappa shape index (κ2) is 8.17. The monoisotopic (exact) mass is 404 g/mol. The van der Waals surface area contributed by atoms with Gasteiger partial charge in [-0.05, 0) is 6.07 Å².